The van der Waals surface area contributed by atoms with Crippen LogP contribution in [0.5, 0.6) is 0 Å². The minimum Gasteiger partial charge on any atom is -0.371 e. The van der Waals surface area contributed by atoms with E-state index in [0.717, 1.165) is 37.3 Å². The second kappa shape index (κ2) is 8.17. The van der Waals surface area contributed by atoms with Gasteiger partial charge in [-0.15, -0.1) is 0 Å². The number of nitrogens with zero attached hydrogens (tertiary/aromatic N) is 3. The Morgan fingerprint density at radius 1 is 0.963 bits per heavy atom. The lowest BCUT2D eigenvalue weighted by molar-refractivity contribution is -0.142. The summed E-state index contributed by atoms with van der Waals surface area (Å²) in [4.78, 5) is 31.0. The van der Waals surface area contributed by atoms with E-state index in [1.165, 1.54) is 12.8 Å². The van der Waals surface area contributed by atoms with E-state index in [1.807, 2.05) is 23.1 Å². The normalized spacial score (nSPS) is 23.0. The first-order valence-corrected chi connectivity index (χ1v) is 10.0. The van der Waals surface area contributed by atoms with Crippen LogP contribution >= 0.6 is 0 Å². The molecule has 3 fully saturated rings. The monoisotopic (exact) mass is 372 g/mol. The van der Waals surface area contributed by atoms with Gasteiger partial charge in [0, 0.05) is 57.3 Å². The summed E-state index contributed by atoms with van der Waals surface area (Å²) in [5.74, 6) is 0.0749. The third kappa shape index (κ3) is 4.18. The first-order chi connectivity index (χ1) is 13.2. The topological polar surface area (TPSA) is 65.1 Å². The largest absolute Gasteiger partial charge is 0.371 e. The Kier molecular flexibility index (Phi) is 5.48. The zero-order chi connectivity index (χ0) is 18.6. The number of ether oxygens (including phenoxy) is 1. The number of benzene rings is 1. The molecule has 146 valence electrons. The summed E-state index contributed by atoms with van der Waals surface area (Å²) in [6.07, 6.45) is 3.94. The van der Waals surface area contributed by atoms with Crippen LogP contribution in [0.1, 0.15) is 25.7 Å². The van der Waals surface area contributed by atoms with E-state index in [9.17, 15) is 9.59 Å². The van der Waals surface area contributed by atoms with Crippen molar-refractivity contribution >= 4 is 23.3 Å². The van der Waals surface area contributed by atoms with Crippen LogP contribution in [-0.2, 0) is 9.53 Å². The van der Waals surface area contributed by atoms with Crippen molar-refractivity contribution in [2.45, 2.75) is 31.8 Å². The highest BCUT2D eigenvalue weighted by atomic mass is 16.5. The Labute approximate surface area is 160 Å². The number of nitrogens with one attached hydrogen (secondary N) is 1. The van der Waals surface area contributed by atoms with Crippen molar-refractivity contribution in [2.24, 2.45) is 0 Å². The van der Waals surface area contributed by atoms with Crippen molar-refractivity contribution in [1.82, 2.24) is 9.80 Å². The molecule has 4 rings (SSSR count). The van der Waals surface area contributed by atoms with Gasteiger partial charge in [-0.25, -0.2) is 4.79 Å². The summed E-state index contributed by atoms with van der Waals surface area (Å²) in [5, 5.41) is 3.01. The number of anilines is 2. The molecule has 0 saturated carbocycles. The molecule has 0 aliphatic carbocycles. The molecule has 1 unspecified atom stereocenters. The van der Waals surface area contributed by atoms with E-state index in [1.54, 1.807) is 4.90 Å². The van der Waals surface area contributed by atoms with Gasteiger partial charge in [-0.3, -0.25) is 4.79 Å². The van der Waals surface area contributed by atoms with Gasteiger partial charge in [0.25, 0.3) is 5.91 Å². The fourth-order valence-electron chi connectivity index (χ4n) is 4.06. The number of rotatable bonds is 3. The van der Waals surface area contributed by atoms with Gasteiger partial charge in [-0.1, -0.05) is 6.07 Å². The molecule has 3 saturated heterocycles. The maximum absolute atomic E-state index is 12.6. The van der Waals surface area contributed by atoms with E-state index in [2.05, 4.69) is 16.3 Å². The molecule has 0 aromatic heterocycles. The van der Waals surface area contributed by atoms with E-state index >= 15 is 0 Å². The molecule has 1 atom stereocenters. The van der Waals surface area contributed by atoms with Crippen LogP contribution in [0.25, 0.3) is 0 Å². The third-order valence-electron chi connectivity index (χ3n) is 5.65. The van der Waals surface area contributed by atoms with Crippen LogP contribution in [0.3, 0.4) is 0 Å². The molecule has 1 aromatic rings. The average molecular weight is 372 g/mol. The molecule has 0 spiro atoms. The number of hydrogen-bond donors (Lipinski definition) is 1. The molecule has 3 aliphatic heterocycles. The van der Waals surface area contributed by atoms with Gasteiger partial charge in [0.05, 0.1) is 0 Å². The summed E-state index contributed by atoms with van der Waals surface area (Å²) in [6.45, 7) is 5.08. The Balaban J connectivity index is 1.29. The van der Waals surface area contributed by atoms with E-state index in [0.29, 0.717) is 32.8 Å². The molecule has 1 N–H and O–H groups in total. The minimum atomic E-state index is -0.279. The van der Waals surface area contributed by atoms with Gasteiger partial charge in [0.2, 0.25) is 0 Å². The highest BCUT2D eigenvalue weighted by Crippen LogP contribution is 2.23. The van der Waals surface area contributed by atoms with Crippen LogP contribution in [0, 0.1) is 0 Å². The molecule has 3 amide bonds. The second-order valence-corrected chi connectivity index (χ2v) is 7.49. The molecule has 3 heterocycles. The fourth-order valence-corrected chi connectivity index (χ4v) is 4.06. The number of hydrogen-bond acceptors (Lipinski definition) is 4. The quantitative estimate of drug-likeness (QED) is 0.883. The number of carbonyl (C=O) groups excluding carboxylic acids is 2. The van der Waals surface area contributed by atoms with Crippen LogP contribution in [0.2, 0.25) is 0 Å². The van der Waals surface area contributed by atoms with E-state index < -0.39 is 0 Å². The van der Waals surface area contributed by atoms with Gasteiger partial charge < -0.3 is 24.8 Å². The number of carbonyl (C=O) groups is 2. The summed E-state index contributed by atoms with van der Waals surface area (Å²) < 4.78 is 5.49. The van der Waals surface area contributed by atoms with Gasteiger partial charge >= 0.3 is 6.03 Å². The first-order valence-electron chi connectivity index (χ1n) is 10.0. The molecule has 0 bridgehead atoms. The SMILES string of the molecule is O=C(Nc1cccc(N2CCCC2)c1)N1CCN(C(=O)C2CCCO2)CC1. The fraction of sp³-hybridized carbons (Fsp3) is 0.600. The number of amides is 3. The number of urea groups is 1. The van der Waals surface area contributed by atoms with Gasteiger partial charge in [0.1, 0.15) is 6.10 Å². The third-order valence-corrected chi connectivity index (χ3v) is 5.65. The smallest absolute Gasteiger partial charge is 0.321 e. The molecule has 3 aliphatic rings. The first kappa shape index (κ1) is 18.1. The van der Waals surface area contributed by atoms with Crippen molar-refractivity contribution < 1.29 is 14.3 Å². The summed E-state index contributed by atoms with van der Waals surface area (Å²) in [7, 11) is 0. The maximum Gasteiger partial charge on any atom is 0.321 e. The zero-order valence-corrected chi connectivity index (χ0v) is 15.7. The molecule has 0 radical (unpaired) electrons. The van der Waals surface area contributed by atoms with Crippen LogP contribution in [0.15, 0.2) is 24.3 Å². The van der Waals surface area contributed by atoms with Crippen molar-refractivity contribution in [3.63, 3.8) is 0 Å². The minimum absolute atomic E-state index is 0.0749. The van der Waals surface area contributed by atoms with Gasteiger partial charge in [0.15, 0.2) is 0 Å². The van der Waals surface area contributed by atoms with E-state index in [-0.39, 0.29) is 18.0 Å². The highest BCUT2D eigenvalue weighted by Gasteiger charge is 2.31. The highest BCUT2D eigenvalue weighted by molar-refractivity contribution is 5.90. The van der Waals surface area contributed by atoms with Crippen molar-refractivity contribution in [1.29, 1.82) is 0 Å². The molecule has 7 nitrogen and oxygen atoms in total. The Hall–Kier alpha value is -2.28. The molecule has 27 heavy (non-hydrogen) atoms. The predicted molar refractivity (Wildman–Crippen MR) is 104 cm³/mol. The predicted octanol–water partition coefficient (Wildman–Crippen LogP) is 2.14. The standard InChI is InChI=1S/C20H28N4O3/c25-19(18-7-4-14-27-18)23-10-12-24(13-11-23)20(26)21-16-5-3-6-17(15-16)22-8-1-2-9-22/h3,5-6,15,18H,1-2,4,7-14H2,(H,21,26). The lowest BCUT2D eigenvalue weighted by Gasteiger charge is -2.35. The molecule has 7 heteroatoms. The molecular formula is C20H28N4O3. The average Bonchev–Trinajstić information content (AvgIpc) is 3.42. The molecule has 1 aromatic carbocycles. The lowest BCUT2D eigenvalue weighted by atomic mass is 10.2. The van der Waals surface area contributed by atoms with Gasteiger partial charge in [-0.2, -0.15) is 0 Å². The summed E-state index contributed by atoms with van der Waals surface area (Å²) >= 11 is 0. The molecular weight excluding hydrogens is 344 g/mol. The van der Waals surface area contributed by atoms with Crippen molar-refractivity contribution in [3.05, 3.63) is 24.3 Å². The summed E-state index contributed by atoms with van der Waals surface area (Å²) in [5.41, 5.74) is 1.99. The van der Waals surface area contributed by atoms with Crippen LogP contribution in [-0.4, -0.2) is 73.7 Å². The van der Waals surface area contributed by atoms with Gasteiger partial charge in [-0.05, 0) is 43.9 Å². The Bertz CT molecular complexity index is 676. The number of piperazine rings is 1. The Morgan fingerprint density at radius 3 is 2.41 bits per heavy atom. The zero-order valence-electron chi connectivity index (χ0n) is 15.7. The maximum atomic E-state index is 12.6. The Morgan fingerprint density at radius 2 is 1.70 bits per heavy atom. The second-order valence-electron chi connectivity index (χ2n) is 7.49. The summed E-state index contributed by atoms with van der Waals surface area (Å²) in [6, 6.07) is 7.95. The van der Waals surface area contributed by atoms with Crippen molar-refractivity contribution in [2.75, 3.05) is 56.1 Å². The van der Waals surface area contributed by atoms with E-state index in [4.69, 9.17) is 4.74 Å². The van der Waals surface area contributed by atoms with Crippen LogP contribution < -0.4 is 10.2 Å². The van der Waals surface area contributed by atoms with Crippen molar-refractivity contribution in [3.8, 4) is 0 Å². The lowest BCUT2D eigenvalue weighted by Crippen LogP contribution is -2.53. The van der Waals surface area contributed by atoms with Crippen LogP contribution in [0.4, 0.5) is 16.2 Å².